The number of carbonyl (C=O) groups excluding carboxylic acids is 1. The van der Waals surface area contributed by atoms with E-state index in [4.69, 9.17) is 11.6 Å². The Labute approximate surface area is 135 Å². The smallest absolute Gasteiger partial charge is 0.220 e. The van der Waals surface area contributed by atoms with Crippen molar-refractivity contribution in [1.82, 2.24) is 5.32 Å². The SMILES string of the molecule is O=C(CCc1ccccc1Cl)NCCCc1ccc(F)cc1. The highest BCUT2D eigenvalue weighted by Crippen LogP contribution is 2.16. The van der Waals surface area contributed by atoms with Crippen LogP contribution in [-0.2, 0) is 17.6 Å². The molecule has 4 heteroatoms. The van der Waals surface area contributed by atoms with Crippen LogP contribution in [0.25, 0.3) is 0 Å². The molecule has 0 fully saturated rings. The molecule has 0 radical (unpaired) electrons. The lowest BCUT2D eigenvalue weighted by Gasteiger charge is -2.06. The largest absolute Gasteiger partial charge is 0.356 e. The van der Waals surface area contributed by atoms with Crippen LogP contribution in [0.15, 0.2) is 48.5 Å². The van der Waals surface area contributed by atoms with Crippen molar-refractivity contribution in [1.29, 1.82) is 0 Å². The lowest BCUT2D eigenvalue weighted by atomic mass is 10.1. The topological polar surface area (TPSA) is 29.1 Å². The Morgan fingerprint density at radius 3 is 2.50 bits per heavy atom. The Morgan fingerprint density at radius 2 is 1.77 bits per heavy atom. The maximum absolute atomic E-state index is 12.8. The predicted octanol–water partition coefficient (Wildman–Crippen LogP) is 4.16. The second-order valence-electron chi connectivity index (χ2n) is 5.17. The average molecular weight is 320 g/mol. The van der Waals surface area contributed by atoms with Crippen LogP contribution < -0.4 is 5.32 Å². The highest BCUT2D eigenvalue weighted by atomic mass is 35.5. The van der Waals surface area contributed by atoms with E-state index in [2.05, 4.69) is 5.32 Å². The van der Waals surface area contributed by atoms with E-state index in [9.17, 15) is 9.18 Å². The van der Waals surface area contributed by atoms with Crippen molar-refractivity contribution in [2.24, 2.45) is 0 Å². The summed E-state index contributed by atoms with van der Waals surface area (Å²) < 4.78 is 12.8. The fourth-order valence-corrected chi connectivity index (χ4v) is 2.44. The first-order valence-corrected chi connectivity index (χ1v) is 7.77. The zero-order valence-corrected chi connectivity index (χ0v) is 13.1. The summed E-state index contributed by atoms with van der Waals surface area (Å²) in [7, 11) is 0. The summed E-state index contributed by atoms with van der Waals surface area (Å²) in [6.07, 6.45) is 2.73. The molecule has 22 heavy (non-hydrogen) atoms. The summed E-state index contributed by atoms with van der Waals surface area (Å²) in [5, 5.41) is 3.60. The third kappa shape index (κ3) is 5.49. The van der Waals surface area contributed by atoms with Gasteiger partial charge in [-0.05, 0) is 48.6 Å². The van der Waals surface area contributed by atoms with Crippen LogP contribution in [0.1, 0.15) is 24.0 Å². The number of benzene rings is 2. The quantitative estimate of drug-likeness (QED) is 0.763. The monoisotopic (exact) mass is 319 g/mol. The minimum Gasteiger partial charge on any atom is -0.356 e. The number of amides is 1. The summed E-state index contributed by atoms with van der Waals surface area (Å²) in [4.78, 5) is 11.8. The van der Waals surface area contributed by atoms with Gasteiger partial charge in [0.2, 0.25) is 5.91 Å². The van der Waals surface area contributed by atoms with Gasteiger partial charge in [0.25, 0.3) is 0 Å². The van der Waals surface area contributed by atoms with E-state index >= 15 is 0 Å². The maximum atomic E-state index is 12.8. The number of carbonyl (C=O) groups is 1. The van der Waals surface area contributed by atoms with Crippen LogP contribution >= 0.6 is 11.6 Å². The van der Waals surface area contributed by atoms with E-state index in [-0.39, 0.29) is 11.7 Å². The lowest BCUT2D eigenvalue weighted by molar-refractivity contribution is -0.121. The van der Waals surface area contributed by atoms with Gasteiger partial charge in [0.05, 0.1) is 0 Å². The molecule has 0 heterocycles. The maximum Gasteiger partial charge on any atom is 0.220 e. The van der Waals surface area contributed by atoms with E-state index in [1.54, 1.807) is 12.1 Å². The Morgan fingerprint density at radius 1 is 1.05 bits per heavy atom. The Bertz CT molecular complexity index is 613. The molecule has 0 aliphatic rings. The van der Waals surface area contributed by atoms with E-state index in [1.165, 1.54) is 12.1 Å². The first-order chi connectivity index (χ1) is 10.6. The molecule has 1 amide bonds. The number of hydrogen-bond donors (Lipinski definition) is 1. The third-order valence-corrected chi connectivity index (χ3v) is 3.83. The summed E-state index contributed by atoms with van der Waals surface area (Å²) in [6.45, 7) is 0.624. The van der Waals surface area contributed by atoms with Gasteiger partial charge in [0, 0.05) is 18.0 Å². The molecule has 0 aromatic heterocycles. The summed E-state index contributed by atoms with van der Waals surface area (Å²) in [5.74, 6) is -0.198. The third-order valence-electron chi connectivity index (χ3n) is 3.46. The normalized spacial score (nSPS) is 10.5. The molecule has 0 atom stereocenters. The van der Waals surface area contributed by atoms with Crippen molar-refractivity contribution in [3.05, 3.63) is 70.5 Å². The van der Waals surface area contributed by atoms with Gasteiger partial charge in [-0.15, -0.1) is 0 Å². The molecule has 1 N–H and O–H groups in total. The zero-order valence-electron chi connectivity index (χ0n) is 12.3. The summed E-state index contributed by atoms with van der Waals surface area (Å²) in [5.41, 5.74) is 2.07. The van der Waals surface area contributed by atoms with Gasteiger partial charge in [-0.3, -0.25) is 4.79 Å². The molecule has 116 valence electrons. The first-order valence-electron chi connectivity index (χ1n) is 7.40. The second kappa shape index (κ2) is 8.54. The fourth-order valence-electron chi connectivity index (χ4n) is 2.21. The molecule has 2 rings (SSSR count). The zero-order chi connectivity index (χ0) is 15.8. The van der Waals surface area contributed by atoms with Crippen LogP contribution in [0, 0.1) is 5.82 Å². The van der Waals surface area contributed by atoms with Gasteiger partial charge in [-0.25, -0.2) is 4.39 Å². The minimum absolute atomic E-state index is 0.0269. The Balaban J connectivity index is 1.64. The number of nitrogens with one attached hydrogen (secondary N) is 1. The molecule has 0 spiro atoms. The molecule has 0 saturated heterocycles. The molecule has 2 nitrogen and oxygen atoms in total. The average Bonchev–Trinajstić information content (AvgIpc) is 2.52. The fraction of sp³-hybridized carbons (Fsp3) is 0.278. The molecular formula is C18H19ClFNO. The van der Waals surface area contributed by atoms with Gasteiger partial charge >= 0.3 is 0 Å². The summed E-state index contributed by atoms with van der Waals surface area (Å²) >= 11 is 6.06. The number of aryl methyl sites for hydroxylation is 2. The number of hydrogen-bond acceptors (Lipinski definition) is 1. The molecular weight excluding hydrogens is 301 g/mol. The van der Waals surface area contributed by atoms with Crippen molar-refractivity contribution >= 4 is 17.5 Å². The van der Waals surface area contributed by atoms with Crippen molar-refractivity contribution in [2.75, 3.05) is 6.54 Å². The number of halogens is 2. The highest BCUT2D eigenvalue weighted by molar-refractivity contribution is 6.31. The van der Waals surface area contributed by atoms with Crippen LogP contribution in [-0.4, -0.2) is 12.5 Å². The highest BCUT2D eigenvalue weighted by Gasteiger charge is 2.04. The predicted molar refractivity (Wildman–Crippen MR) is 87.5 cm³/mol. The van der Waals surface area contributed by atoms with Gasteiger partial charge in [-0.1, -0.05) is 41.9 Å². The molecule has 2 aromatic carbocycles. The van der Waals surface area contributed by atoms with Crippen molar-refractivity contribution in [3.8, 4) is 0 Å². The van der Waals surface area contributed by atoms with E-state index in [1.807, 2.05) is 24.3 Å². The van der Waals surface area contributed by atoms with E-state index in [0.717, 1.165) is 24.0 Å². The molecule has 0 bridgehead atoms. The molecule has 0 unspecified atom stereocenters. The number of rotatable bonds is 7. The summed E-state index contributed by atoms with van der Waals surface area (Å²) in [6, 6.07) is 14.0. The second-order valence-corrected chi connectivity index (χ2v) is 5.58. The van der Waals surface area contributed by atoms with E-state index < -0.39 is 0 Å². The standard InChI is InChI=1S/C18H19ClFNO/c19-17-6-2-1-5-15(17)9-12-18(22)21-13-3-4-14-7-10-16(20)11-8-14/h1-2,5-8,10-11H,3-4,9,12-13H2,(H,21,22). The van der Waals surface area contributed by atoms with Crippen LogP contribution in [0.2, 0.25) is 5.02 Å². The van der Waals surface area contributed by atoms with Gasteiger partial charge in [0.15, 0.2) is 0 Å². The molecule has 0 aliphatic carbocycles. The Kier molecular flexibility index (Phi) is 6.41. The lowest BCUT2D eigenvalue weighted by Crippen LogP contribution is -2.25. The van der Waals surface area contributed by atoms with Crippen molar-refractivity contribution in [3.63, 3.8) is 0 Å². The van der Waals surface area contributed by atoms with Crippen molar-refractivity contribution in [2.45, 2.75) is 25.7 Å². The molecule has 0 saturated carbocycles. The molecule has 2 aromatic rings. The first kappa shape index (κ1) is 16.5. The van der Waals surface area contributed by atoms with Gasteiger partial charge in [-0.2, -0.15) is 0 Å². The van der Waals surface area contributed by atoms with Crippen molar-refractivity contribution < 1.29 is 9.18 Å². The van der Waals surface area contributed by atoms with Gasteiger partial charge in [0.1, 0.15) is 5.82 Å². The molecule has 0 aliphatic heterocycles. The van der Waals surface area contributed by atoms with E-state index in [0.29, 0.717) is 24.4 Å². The van der Waals surface area contributed by atoms with Crippen LogP contribution in [0.3, 0.4) is 0 Å². The Hall–Kier alpha value is -1.87. The minimum atomic E-state index is -0.225. The van der Waals surface area contributed by atoms with Crippen LogP contribution in [0.4, 0.5) is 4.39 Å². The van der Waals surface area contributed by atoms with Gasteiger partial charge < -0.3 is 5.32 Å². The van der Waals surface area contributed by atoms with Crippen LogP contribution in [0.5, 0.6) is 0 Å².